The fraction of sp³-hybridized carbons (Fsp3) is 0.500. The smallest absolute Gasteiger partial charge is 0.265 e. The van der Waals surface area contributed by atoms with Crippen molar-refractivity contribution in [3.63, 3.8) is 0 Å². The maximum atomic E-state index is 12.1. The van der Waals surface area contributed by atoms with Crippen LogP contribution in [0.5, 0.6) is 11.5 Å². The standard InChI is InChI=1S/C16H21NO4/c1-3-5-6-7-17-13-8-12(10-18)9-14(20-4-2)16(13)21-11-15(17)19/h8-10H,3-7,11H2,1-2H3. The highest BCUT2D eigenvalue weighted by molar-refractivity contribution is 5.99. The minimum atomic E-state index is -0.0795. The van der Waals surface area contributed by atoms with Crippen molar-refractivity contribution in [1.29, 1.82) is 0 Å². The molecule has 0 bridgehead atoms. The number of hydrogen-bond acceptors (Lipinski definition) is 4. The lowest BCUT2D eigenvalue weighted by Gasteiger charge is -2.30. The third-order valence-electron chi connectivity index (χ3n) is 3.41. The lowest BCUT2D eigenvalue weighted by atomic mass is 10.1. The number of unbranched alkanes of at least 4 members (excludes halogenated alkanes) is 2. The zero-order valence-corrected chi connectivity index (χ0v) is 12.6. The molecule has 0 saturated heterocycles. The number of carbonyl (C=O) groups is 2. The molecule has 114 valence electrons. The van der Waals surface area contributed by atoms with Gasteiger partial charge in [-0.05, 0) is 25.5 Å². The molecule has 0 radical (unpaired) electrons. The third-order valence-corrected chi connectivity index (χ3v) is 3.41. The summed E-state index contributed by atoms with van der Waals surface area (Å²) in [5.41, 5.74) is 1.12. The van der Waals surface area contributed by atoms with Crippen LogP contribution in [0.3, 0.4) is 0 Å². The second kappa shape index (κ2) is 7.11. The monoisotopic (exact) mass is 291 g/mol. The Morgan fingerprint density at radius 2 is 2.14 bits per heavy atom. The van der Waals surface area contributed by atoms with E-state index in [2.05, 4.69) is 6.92 Å². The van der Waals surface area contributed by atoms with Gasteiger partial charge in [0, 0.05) is 12.1 Å². The van der Waals surface area contributed by atoms with Gasteiger partial charge in [-0.25, -0.2) is 0 Å². The predicted molar refractivity (Wildman–Crippen MR) is 80.4 cm³/mol. The van der Waals surface area contributed by atoms with Crippen LogP contribution in [-0.2, 0) is 4.79 Å². The van der Waals surface area contributed by atoms with Crippen LogP contribution in [0.25, 0.3) is 0 Å². The Bertz CT molecular complexity index is 527. The summed E-state index contributed by atoms with van der Waals surface area (Å²) in [5.74, 6) is 0.993. The molecule has 0 aliphatic carbocycles. The second-order valence-corrected chi connectivity index (χ2v) is 4.96. The number of fused-ring (bicyclic) bond motifs is 1. The van der Waals surface area contributed by atoms with E-state index in [-0.39, 0.29) is 12.5 Å². The van der Waals surface area contributed by atoms with E-state index in [0.717, 1.165) is 25.5 Å². The molecule has 0 spiro atoms. The number of hydrogen-bond donors (Lipinski definition) is 0. The van der Waals surface area contributed by atoms with Gasteiger partial charge in [0.15, 0.2) is 18.1 Å². The van der Waals surface area contributed by atoms with Crippen molar-refractivity contribution in [3.05, 3.63) is 17.7 Å². The van der Waals surface area contributed by atoms with Gasteiger partial charge in [-0.3, -0.25) is 9.59 Å². The van der Waals surface area contributed by atoms with Gasteiger partial charge in [0.25, 0.3) is 5.91 Å². The van der Waals surface area contributed by atoms with Crippen LogP contribution >= 0.6 is 0 Å². The highest BCUT2D eigenvalue weighted by atomic mass is 16.5. The van der Waals surface area contributed by atoms with Crippen molar-refractivity contribution in [2.75, 3.05) is 24.7 Å². The maximum Gasteiger partial charge on any atom is 0.265 e. The Balaban J connectivity index is 2.37. The number of aldehydes is 1. The second-order valence-electron chi connectivity index (χ2n) is 4.96. The van der Waals surface area contributed by atoms with Crippen LogP contribution in [0.4, 0.5) is 5.69 Å². The largest absolute Gasteiger partial charge is 0.490 e. The molecule has 0 aromatic heterocycles. The van der Waals surface area contributed by atoms with Crippen molar-refractivity contribution >= 4 is 17.9 Å². The summed E-state index contributed by atoms with van der Waals surface area (Å²) in [6, 6.07) is 3.34. The lowest BCUT2D eigenvalue weighted by molar-refractivity contribution is -0.121. The van der Waals surface area contributed by atoms with Gasteiger partial charge in [-0.2, -0.15) is 0 Å². The Morgan fingerprint density at radius 1 is 1.33 bits per heavy atom. The first kappa shape index (κ1) is 15.4. The third kappa shape index (κ3) is 3.35. The van der Waals surface area contributed by atoms with Gasteiger partial charge in [0.05, 0.1) is 12.3 Å². The number of carbonyl (C=O) groups excluding carboxylic acids is 2. The number of nitrogens with zero attached hydrogens (tertiary/aromatic N) is 1. The fourth-order valence-corrected chi connectivity index (χ4v) is 2.40. The molecule has 0 fully saturated rings. The van der Waals surface area contributed by atoms with Gasteiger partial charge >= 0.3 is 0 Å². The Morgan fingerprint density at radius 3 is 2.81 bits per heavy atom. The van der Waals surface area contributed by atoms with Gasteiger partial charge in [-0.15, -0.1) is 0 Å². The number of rotatable bonds is 7. The Labute approximate surface area is 124 Å². The first-order valence-corrected chi connectivity index (χ1v) is 7.40. The molecule has 2 rings (SSSR count). The average molecular weight is 291 g/mol. The molecule has 1 aliphatic heterocycles. The highest BCUT2D eigenvalue weighted by Gasteiger charge is 2.28. The van der Waals surface area contributed by atoms with E-state index in [1.807, 2.05) is 6.92 Å². The number of anilines is 1. The van der Waals surface area contributed by atoms with Crippen LogP contribution in [0.15, 0.2) is 12.1 Å². The molecule has 0 unspecified atom stereocenters. The van der Waals surface area contributed by atoms with Gasteiger partial charge in [0.2, 0.25) is 0 Å². The van der Waals surface area contributed by atoms with E-state index in [1.54, 1.807) is 17.0 Å². The van der Waals surface area contributed by atoms with Crippen molar-refractivity contribution in [1.82, 2.24) is 0 Å². The molecule has 0 N–H and O–H groups in total. The van der Waals surface area contributed by atoms with Crippen LogP contribution in [-0.4, -0.2) is 32.0 Å². The Kier molecular flexibility index (Phi) is 5.20. The van der Waals surface area contributed by atoms with E-state index in [9.17, 15) is 9.59 Å². The molecule has 1 aliphatic rings. The molecule has 5 heteroatoms. The Hall–Kier alpha value is -2.04. The van der Waals surface area contributed by atoms with E-state index >= 15 is 0 Å². The van der Waals surface area contributed by atoms with Gasteiger partial charge in [0.1, 0.15) is 6.29 Å². The highest BCUT2D eigenvalue weighted by Crippen LogP contribution is 2.41. The molecular weight excluding hydrogens is 270 g/mol. The zero-order chi connectivity index (χ0) is 15.2. The first-order valence-electron chi connectivity index (χ1n) is 7.40. The molecule has 1 amide bonds. The quantitative estimate of drug-likeness (QED) is 0.572. The number of amides is 1. The van der Waals surface area contributed by atoms with Crippen LogP contribution in [0, 0.1) is 0 Å². The van der Waals surface area contributed by atoms with Crippen molar-refractivity contribution < 1.29 is 19.1 Å². The summed E-state index contributed by atoms with van der Waals surface area (Å²) in [6.07, 6.45) is 3.83. The van der Waals surface area contributed by atoms with Crippen LogP contribution < -0.4 is 14.4 Å². The summed E-state index contributed by atoms with van der Waals surface area (Å²) in [7, 11) is 0. The molecule has 1 aromatic rings. The maximum absolute atomic E-state index is 12.1. The minimum absolute atomic E-state index is 0.0135. The zero-order valence-electron chi connectivity index (χ0n) is 12.6. The number of benzene rings is 1. The molecule has 1 aromatic carbocycles. The summed E-state index contributed by atoms with van der Waals surface area (Å²) >= 11 is 0. The summed E-state index contributed by atoms with van der Waals surface area (Å²) in [4.78, 5) is 24.9. The fourth-order valence-electron chi connectivity index (χ4n) is 2.40. The van der Waals surface area contributed by atoms with E-state index in [0.29, 0.717) is 35.9 Å². The molecule has 0 saturated carbocycles. The SMILES string of the molecule is CCCCCN1C(=O)COc2c(OCC)cc(C=O)cc21. The normalized spacial score (nSPS) is 13.6. The predicted octanol–water partition coefficient (Wildman–Crippen LogP) is 2.81. The van der Waals surface area contributed by atoms with E-state index < -0.39 is 0 Å². The molecule has 21 heavy (non-hydrogen) atoms. The minimum Gasteiger partial charge on any atom is -0.490 e. The van der Waals surface area contributed by atoms with E-state index in [1.165, 1.54) is 0 Å². The molecular formula is C16H21NO4. The summed E-state index contributed by atoms with van der Waals surface area (Å²) in [6.45, 7) is 5.11. The topological polar surface area (TPSA) is 55.8 Å². The molecule has 0 atom stereocenters. The van der Waals surface area contributed by atoms with Crippen molar-refractivity contribution in [2.24, 2.45) is 0 Å². The average Bonchev–Trinajstić information content (AvgIpc) is 2.49. The van der Waals surface area contributed by atoms with Crippen LogP contribution in [0.2, 0.25) is 0 Å². The van der Waals surface area contributed by atoms with Crippen LogP contribution in [0.1, 0.15) is 43.5 Å². The van der Waals surface area contributed by atoms with Crippen molar-refractivity contribution in [3.8, 4) is 11.5 Å². The van der Waals surface area contributed by atoms with Gasteiger partial charge < -0.3 is 14.4 Å². The first-order chi connectivity index (χ1) is 10.2. The lowest BCUT2D eigenvalue weighted by Crippen LogP contribution is -2.39. The molecule has 5 nitrogen and oxygen atoms in total. The van der Waals surface area contributed by atoms with Gasteiger partial charge in [-0.1, -0.05) is 19.8 Å². The summed E-state index contributed by atoms with van der Waals surface area (Å²) in [5, 5.41) is 0. The van der Waals surface area contributed by atoms with E-state index in [4.69, 9.17) is 9.47 Å². The molecule has 1 heterocycles. The number of ether oxygens (including phenoxy) is 2. The summed E-state index contributed by atoms with van der Waals surface area (Å²) < 4.78 is 11.1. The van der Waals surface area contributed by atoms with Crippen molar-refractivity contribution in [2.45, 2.75) is 33.1 Å².